The molecule has 0 aliphatic rings. The maximum atomic E-state index is 4.54. The van der Waals surface area contributed by atoms with Crippen LogP contribution in [0.1, 0.15) is 42.0 Å². The van der Waals surface area contributed by atoms with Crippen molar-refractivity contribution in [3.8, 4) is 0 Å². The van der Waals surface area contributed by atoms with E-state index >= 15 is 0 Å². The molecule has 2 rings (SSSR count). The first-order valence-corrected chi connectivity index (χ1v) is 7.26. The van der Waals surface area contributed by atoms with Gasteiger partial charge in [0.2, 0.25) is 0 Å². The third kappa shape index (κ3) is 3.25. The van der Waals surface area contributed by atoms with Gasteiger partial charge in [-0.1, -0.05) is 13.0 Å². The molecule has 2 heterocycles. The van der Waals surface area contributed by atoms with Gasteiger partial charge in [-0.05, 0) is 38.9 Å². The largest absolute Gasteiger partial charge is 0.309 e. The number of hydrogen-bond donors (Lipinski definition) is 1. The molecule has 1 N–H and O–H groups in total. The minimum atomic E-state index is 0.276. The third-order valence-electron chi connectivity index (χ3n) is 3.69. The summed E-state index contributed by atoms with van der Waals surface area (Å²) in [6.07, 6.45) is 3.88. The molecule has 4 nitrogen and oxygen atoms in total. The summed E-state index contributed by atoms with van der Waals surface area (Å²) in [6, 6.07) is 6.36. The highest BCUT2D eigenvalue weighted by molar-refractivity contribution is 5.29. The summed E-state index contributed by atoms with van der Waals surface area (Å²) >= 11 is 0. The lowest BCUT2D eigenvalue weighted by Gasteiger charge is -2.19. The van der Waals surface area contributed by atoms with E-state index in [1.54, 1.807) is 0 Å². The van der Waals surface area contributed by atoms with Gasteiger partial charge in [-0.2, -0.15) is 5.10 Å². The molecule has 4 heteroatoms. The molecular formula is C16H24N4. The highest BCUT2D eigenvalue weighted by Gasteiger charge is 2.20. The van der Waals surface area contributed by atoms with Gasteiger partial charge < -0.3 is 5.32 Å². The minimum Gasteiger partial charge on any atom is -0.309 e. The predicted molar refractivity (Wildman–Crippen MR) is 81.7 cm³/mol. The van der Waals surface area contributed by atoms with Crippen molar-refractivity contribution >= 4 is 0 Å². The van der Waals surface area contributed by atoms with Crippen molar-refractivity contribution < 1.29 is 0 Å². The van der Waals surface area contributed by atoms with Crippen LogP contribution < -0.4 is 5.32 Å². The number of pyridine rings is 1. The Balaban J connectivity index is 2.27. The molecule has 0 spiro atoms. The summed E-state index contributed by atoms with van der Waals surface area (Å²) in [4.78, 5) is 4.45. The molecule has 2 aromatic rings. The van der Waals surface area contributed by atoms with Crippen molar-refractivity contribution in [1.29, 1.82) is 0 Å². The quantitative estimate of drug-likeness (QED) is 0.879. The Bertz CT molecular complexity index is 545. The molecule has 20 heavy (non-hydrogen) atoms. The van der Waals surface area contributed by atoms with Gasteiger partial charge in [0.25, 0.3) is 0 Å². The van der Waals surface area contributed by atoms with E-state index in [2.05, 4.69) is 42.2 Å². The topological polar surface area (TPSA) is 42.7 Å². The highest BCUT2D eigenvalue weighted by Crippen LogP contribution is 2.24. The fraction of sp³-hybridized carbons (Fsp3) is 0.500. The minimum absolute atomic E-state index is 0.276. The summed E-state index contributed by atoms with van der Waals surface area (Å²) < 4.78 is 1.96. The molecular weight excluding hydrogens is 248 g/mol. The van der Waals surface area contributed by atoms with E-state index in [4.69, 9.17) is 0 Å². The second-order valence-corrected chi connectivity index (χ2v) is 5.24. The number of nitrogens with zero attached hydrogens (tertiary/aromatic N) is 3. The van der Waals surface area contributed by atoms with Crippen molar-refractivity contribution in [2.75, 3.05) is 6.54 Å². The normalized spacial score (nSPS) is 12.6. The summed E-state index contributed by atoms with van der Waals surface area (Å²) in [6.45, 7) is 7.41. The molecule has 0 fully saturated rings. The Morgan fingerprint density at radius 3 is 2.65 bits per heavy atom. The van der Waals surface area contributed by atoms with Crippen LogP contribution in [0.15, 0.2) is 24.4 Å². The molecule has 1 atom stereocenters. The molecule has 0 saturated carbocycles. The first kappa shape index (κ1) is 14.7. The average molecular weight is 272 g/mol. The molecule has 0 aliphatic carbocycles. The lowest BCUT2D eigenvalue weighted by atomic mass is 9.99. The second-order valence-electron chi connectivity index (χ2n) is 5.24. The molecule has 0 bridgehead atoms. The molecule has 1 unspecified atom stereocenters. The van der Waals surface area contributed by atoms with Gasteiger partial charge in [0.1, 0.15) is 0 Å². The van der Waals surface area contributed by atoms with Crippen LogP contribution in [0.3, 0.4) is 0 Å². The van der Waals surface area contributed by atoms with E-state index in [9.17, 15) is 0 Å². The first-order chi connectivity index (χ1) is 9.63. The van der Waals surface area contributed by atoms with E-state index in [1.807, 2.05) is 30.1 Å². The van der Waals surface area contributed by atoms with E-state index in [0.717, 1.165) is 30.8 Å². The van der Waals surface area contributed by atoms with Crippen molar-refractivity contribution in [2.45, 2.75) is 39.7 Å². The van der Waals surface area contributed by atoms with E-state index < -0.39 is 0 Å². The van der Waals surface area contributed by atoms with Crippen molar-refractivity contribution in [2.24, 2.45) is 7.05 Å². The fourth-order valence-electron chi connectivity index (χ4n) is 2.62. The van der Waals surface area contributed by atoms with Gasteiger partial charge in [-0.15, -0.1) is 0 Å². The molecule has 0 aromatic carbocycles. The number of aromatic nitrogens is 3. The Hall–Kier alpha value is -1.68. The number of nitrogens with one attached hydrogen (secondary N) is 1. The highest BCUT2D eigenvalue weighted by atomic mass is 15.3. The van der Waals surface area contributed by atoms with Crippen molar-refractivity contribution in [1.82, 2.24) is 20.1 Å². The molecule has 0 radical (unpaired) electrons. The molecule has 0 saturated heterocycles. The summed E-state index contributed by atoms with van der Waals surface area (Å²) in [5.74, 6) is 0. The van der Waals surface area contributed by atoms with Gasteiger partial charge in [0, 0.05) is 42.7 Å². The SMILES string of the molecule is CCCNC(Cc1ccccn1)c1c(C)nn(C)c1C. The Morgan fingerprint density at radius 1 is 1.30 bits per heavy atom. The number of aryl methyl sites for hydroxylation is 2. The molecule has 2 aromatic heterocycles. The zero-order chi connectivity index (χ0) is 14.5. The van der Waals surface area contributed by atoms with Crippen LogP contribution in [-0.2, 0) is 13.5 Å². The second kappa shape index (κ2) is 6.66. The van der Waals surface area contributed by atoms with Gasteiger partial charge in [-0.3, -0.25) is 9.67 Å². The fourth-order valence-corrected chi connectivity index (χ4v) is 2.62. The lowest BCUT2D eigenvalue weighted by molar-refractivity contribution is 0.519. The standard InChI is InChI=1S/C16H24N4/c1-5-9-18-15(11-14-8-6-7-10-17-14)16-12(2)19-20(4)13(16)3/h6-8,10,15,18H,5,9,11H2,1-4H3. The smallest absolute Gasteiger partial charge is 0.0644 e. The van der Waals surface area contributed by atoms with E-state index in [-0.39, 0.29) is 6.04 Å². The van der Waals surface area contributed by atoms with Crippen LogP contribution in [0.4, 0.5) is 0 Å². The summed E-state index contributed by atoms with van der Waals surface area (Å²) in [5.41, 5.74) is 4.76. The van der Waals surface area contributed by atoms with Crippen molar-refractivity contribution in [3.05, 3.63) is 47.0 Å². The lowest BCUT2D eigenvalue weighted by Crippen LogP contribution is -2.25. The maximum absolute atomic E-state index is 4.54. The van der Waals surface area contributed by atoms with Crippen LogP contribution in [0.5, 0.6) is 0 Å². The first-order valence-electron chi connectivity index (χ1n) is 7.26. The van der Waals surface area contributed by atoms with Gasteiger partial charge >= 0.3 is 0 Å². The van der Waals surface area contributed by atoms with Crippen molar-refractivity contribution in [3.63, 3.8) is 0 Å². The zero-order valence-electron chi connectivity index (χ0n) is 12.8. The Morgan fingerprint density at radius 2 is 2.10 bits per heavy atom. The Labute approximate surface area is 121 Å². The van der Waals surface area contributed by atoms with Crippen LogP contribution >= 0.6 is 0 Å². The summed E-state index contributed by atoms with van der Waals surface area (Å²) in [5, 5.41) is 8.17. The number of hydrogen-bond acceptors (Lipinski definition) is 3. The van der Waals surface area contributed by atoms with E-state index in [1.165, 1.54) is 11.3 Å². The maximum Gasteiger partial charge on any atom is 0.0644 e. The van der Waals surface area contributed by atoms with Gasteiger partial charge in [-0.25, -0.2) is 0 Å². The van der Waals surface area contributed by atoms with E-state index in [0.29, 0.717) is 0 Å². The van der Waals surface area contributed by atoms with Gasteiger partial charge in [0.05, 0.1) is 5.69 Å². The monoisotopic (exact) mass is 272 g/mol. The van der Waals surface area contributed by atoms with Crippen LogP contribution in [-0.4, -0.2) is 21.3 Å². The van der Waals surface area contributed by atoms with Crippen LogP contribution in [0.2, 0.25) is 0 Å². The molecule has 0 amide bonds. The number of rotatable bonds is 6. The van der Waals surface area contributed by atoms with Crippen LogP contribution in [0.25, 0.3) is 0 Å². The molecule has 108 valence electrons. The zero-order valence-corrected chi connectivity index (χ0v) is 12.8. The predicted octanol–water partition coefficient (Wildman–Crippen LogP) is 2.72. The Kier molecular flexibility index (Phi) is 4.90. The average Bonchev–Trinajstić information content (AvgIpc) is 2.70. The third-order valence-corrected chi connectivity index (χ3v) is 3.69. The molecule has 0 aliphatic heterocycles. The van der Waals surface area contributed by atoms with Gasteiger partial charge in [0.15, 0.2) is 0 Å². The summed E-state index contributed by atoms with van der Waals surface area (Å²) in [7, 11) is 2.00. The van der Waals surface area contributed by atoms with Crippen LogP contribution in [0, 0.1) is 13.8 Å².